The largest absolute Gasteiger partial charge is 0.461 e. The van der Waals surface area contributed by atoms with Crippen LogP contribution in [0, 0.1) is 0 Å². The van der Waals surface area contributed by atoms with Crippen LogP contribution in [0.1, 0.15) is 33.3 Å². The number of aromatic nitrogens is 4. The first-order valence-corrected chi connectivity index (χ1v) is 10.5. The van der Waals surface area contributed by atoms with E-state index >= 15 is 0 Å². The summed E-state index contributed by atoms with van der Waals surface area (Å²) < 4.78 is 13.9. The van der Waals surface area contributed by atoms with Crippen molar-refractivity contribution in [3.63, 3.8) is 0 Å². The molecule has 0 saturated heterocycles. The molecule has 0 fully saturated rings. The summed E-state index contributed by atoms with van der Waals surface area (Å²) in [6.45, 7) is 9.89. The van der Waals surface area contributed by atoms with Crippen molar-refractivity contribution >= 4 is 17.0 Å². The first-order chi connectivity index (χ1) is 14.8. The van der Waals surface area contributed by atoms with Crippen molar-refractivity contribution in [2.45, 2.75) is 53.0 Å². The molecule has 168 valence electrons. The number of benzene rings is 1. The van der Waals surface area contributed by atoms with Gasteiger partial charge in [-0.15, -0.1) is 0 Å². The fraction of sp³-hybridized carbons (Fsp3) is 0.500. The molecule has 9 heteroatoms. The summed E-state index contributed by atoms with van der Waals surface area (Å²) in [5.41, 5.74) is 8.10. The van der Waals surface area contributed by atoms with E-state index in [0.717, 1.165) is 5.56 Å². The van der Waals surface area contributed by atoms with E-state index in [0.29, 0.717) is 37.6 Å². The van der Waals surface area contributed by atoms with Crippen molar-refractivity contribution in [3.8, 4) is 6.01 Å². The van der Waals surface area contributed by atoms with E-state index < -0.39 is 0 Å². The Labute approximate surface area is 182 Å². The first kappa shape index (κ1) is 22.8. The number of methoxy groups -OCH3 is 1. The third kappa shape index (κ3) is 5.05. The van der Waals surface area contributed by atoms with Gasteiger partial charge in [0.25, 0.3) is 0 Å². The van der Waals surface area contributed by atoms with E-state index in [1.165, 1.54) is 0 Å². The SMILES string of the molecule is COCCOc1nc(N)c2c(n1)n(Cc1ccccc1)c(=O)n2CN(C(C)C)C(C)C. The average molecular weight is 429 g/mol. The van der Waals surface area contributed by atoms with Crippen LogP contribution in [0.5, 0.6) is 6.01 Å². The van der Waals surface area contributed by atoms with Crippen molar-refractivity contribution in [1.82, 2.24) is 24.0 Å². The second-order valence-electron chi connectivity index (χ2n) is 8.03. The molecule has 0 atom stereocenters. The minimum atomic E-state index is -0.180. The van der Waals surface area contributed by atoms with Crippen LogP contribution < -0.4 is 16.2 Å². The molecule has 0 aliphatic heterocycles. The zero-order chi connectivity index (χ0) is 22.5. The van der Waals surface area contributed by atoms with Crippen LogP contribution in [0.2, 0.25) is 0 Å². The number of fused-ring (bicyclic) bond motifs is 1. The summed E-state index contributed by atoms with van der Waals surface area (Å²) in [7, 11) is 1.59. The average Bonchev–Trinajstić information content (AvgIpc) is 2.98. The van der Waals surface area contributed by atoms with Crippen LogP contribution >= 0.6 is 0 Å². The molecule has 3 rings (SSSR count). The Morgan fingerprint density at radius 3 is 2.32 bits per heavy atom. The lowest BCUT2D eigenvalue weighted by Gasteiger charge is -2.30. The zero-order valence-corrected chi connectivity index (χ0v) is 18.9. The van der Waals surface area contributed by atoms with Crippen LogP contribution in [-0.2, 0) is 18.0 Å². The highest BCUT2D eigenvalue weighted by Gasteiger charge is 2.23. The Kier molecular flexibility index (Phi) is 7.29. The summed E-state index contributed by atoms with van der Waals surface area (Å²) >= 11 is 0. The maximum absolute atomic E-state index is 13.5. The molecule has 3 aromatic rings. The summed E-state index contributed by atoms with van der Waals surface area (Å²) in [6.07, 6.45) is 0. The lowest BCUT2D eigenvalue weighted by atomic mass is 10.2. The molecule has 0 spiro atoms. The van der Waals surface area contributed by atoms with Gasteiger partial charge in [-0.1, -0.05) is 30.3 Å². The topological polar surface area (TPSA) is 100 Å². The van der Waals surface area contributed by atoms with Crippen molar-refractivity contribution in [2.24, 2.45) is 0 Å². The highest BCUT2D eigenvalue weighted by atomic mass is 16.5. The third-order valence-electron chi connectivity index (χ3n) is 5.19. The van der Waals surface area contributed by atoms with Gasteiger partial charge in [0.2, 0.25) is 0 Å². The van der Waals surface area contributed by atoms with E-state index in [-0.39, 0.29) is 29.6 Å². The van der Waals surface area contributed by atoms with Crippen molar-refractivity contribution < 1.29 is 9.47 Å². The van der Waals surface area contributed by atoms with Gasteiger partial charge in [-0.05, 0) is 33.3 Å². The first-order valence-electron chi connectivity index (χ1n) is 10.5. The minimum Gasteiger partial charge on any atom is -0.461 e. The van der Waals surface area contributed by atoms with Gasteiger partial charge in [0.05, 0.1) is 19.8 Å². The third-order valence-corrected chi connectivity index (χ3v) is 5.19. The predicted molar refractivity (Wildman–Crippen MR) is 121 cm³/mol. The molecule has 1 aromatic carbocycles. The molecule has 0 amide bonds. The van der Waals surface area contributed by atoms with Crippen LogP contribution in [-0.4, -0.2) is 56.4 Å². The number of anilines is 1. The lowest BCUT2D eigenvalue weighted by molar-refractivity contribution is 0.130. The summed E-state index contributed by atoms with van der Waals surface area (Å²) in [6, 6.07) is 10.4. The van der Waals surface area contributed by atoms with E-state index in [2.05, 4.69) is 42.6 Å². The fourth-order valence-electron chi connectivity index (χ4n) is 3.62. The van der Waals surface area contributed by atoms with E-state index in [1.54, 1.807) is 16.2 Å². The Morgan fingerprint density at radius 1 is 1.03 bits per heavy atom. The van der Waals surface area contributed by atoms with Gasteiger partial charge >= 0.3 is 11.7 Å². The van der Waals surface area contributed by atoms with Crippen molar-refractivity contribution in [2.75, 3.05) is 26.1 Å². The fourth-order valence-corrected chi connectivity index (χ4v) is 3.62. The van der Waals surface area contributed by atoms with Crippen LogP contribution in [0.3, 0.4) is 0 Å². The van der Waals surface area contributed by atoms with Gasteiger partial charge in [0.1, 0.15) is 12.1 Å². The Balaban J connectivity index is 2.14. The number of hydrogen-bond donors (Lipinski definition) is 1. The number of ether oxygens (including phenoxy) is 2. The molecule has 0 unspecified atom stereocenters. The molecule has 9 nitrogen and oxygen atoms in total. The molecule has 0 aliphatic carbocycles. The van der Waals surface area contributed by atoms with Crippen molar-refractivity contribution in [1.29, 1.82) is 0 Å². The van der Waals surface area contributed by atoms with E-state index in [9.17, 15) is 4.79 Å². The second-order valence-corrected chi connectivity index (χ2v) is 8.03. The van der Waals surface area contributed by atoms with Crippen LogP contribution in [0.25, 0.3) is 11.2 Å². The van der Waals surface area contributed by atoms with E-state index in [1.807, 2.05) is 30.3 Å². The molecule has 0 bridgehead atoms. The maximum atomic E-state index is 13.5. The number of nitrogens with zero attached hydrogens (tertiary/aromatic N) is 5. The van der Waals surface area contributed by atoms with Crippen LogP contribution in [0.15, 0.2) is 35.1 Å². The van der Waals surface area contributed by atoms with E-state index in [4.69, 9.17) is 15.2 Å². The Morgan fingerprint density at radius 2 is 1.71 bits per heavy atom. The second kappa shape index (κ2) is 9.93. The van der Waals surface area contributed by atoms with Gasteiger partial charge in [0, 0.05) is 19.2 Å². The van der Waals surface area contributed by atoms with Crippen molar-refractivity contribution in [3.05, 3.63) is 46.4 Å². The minimum absolute atomic E-state index is 0.130. The predicted octanol–water partition coefficient (Wildman–Crippen LogP) is 2.33. The van der Waals surface area contributed by atoms with Crippen LogP contribution in [0.4, 0.5) is 5.82 Å². The number of nitrogen functional groups attached to an aromatic ring is 1. The molecule has 2 heterocycles. The molecule has 31 heavy (non-hydrogen) atoms. The number of hydrogen-bond acceptors (Lipinski definition) is 7. The molecule has 2 N–H and O–H groups in total. The van der Waals surface area contributed by atoms with Gasteiger partial charge in [-0.2, -0.15) is 9.97 Å². The van der Waals surface area contributed by atoms with Gasteiger partial charge in [0.15, 0.2) is 11.5 Å². The normalized spacial score (nSPS) is 11.9. The molecular formula is C22H32N6O3. The quantitative estimate of drug-likeness (QED) is 0.495. The molecule has 0 radical (unpaired) electrons. The maximum Gasteiger partial charge on any atom is 0.331 e. The molecule has 2 aromatic heterocycles. The highest BCUT2D eigenvalue weighted by molar-refractivity contribution is 5.83. The highest BCUT2D eigenvalue weighted by Crippen LogP contribution is 2.22. The smallest absolute Gasteiger partial charge is 0.331 e. The molecule has 0 saturated carbocycles. The van der Waals surface area contributed by atoms with Gasteiger partial charge < -0.3 is 15.2 Å². The molecule has 0 aliphatic rings. The molecular weight excluding hydrogens is 396 g/mol. The Bertz CT molecular complexity index is 1050. The zero-order valence-electron chi connectivity index (χ0n) is 18.9. The summed E-state index contributed by atoms with van der Waals surface area (Å²) in [5, 5.41) is 0. The standard InChI is InChI=1S/C22H32N6O3/c1-15(2)27(16(3)4)14-28-18-19(23)24-21(31-12-11-30-5)25-20(18)26(22(28)29)13-17-9-7-6-8-10-17/h6-10,15-16H,11-14H2,1-5H3,(H2,23,24,25). The number of rotatable bonds is 10. The Hall–Kier alpha value is -2.91. The lowest BCUT2D eigenvalue weighted by Crippen LogP contribution is -2.41. The van der Waals surface area contributed by atoms with Gasteiger partial charge in [-0.3, -0.25) is 14.0 Å². The number of imidazole rings is 1. The monoisotopic (exact) mass is 428 g/mol. The summed E-state index contributed by atoms with van der Waals surface area (Å²) in [4.78, 5) is 24.6. The van der Waals surface area contributed by atoms with Gasteiger partial charge in [-0.25, -0.2) is 4.79 Å². The number of nitrogens with two attached hydrogens (primary N) is 1. The summed E-state index contributed by atoms with van der Waals surface area (Å²) in [5.74, 6) is 0.216.